The lowest BCUT2D eigenvalue weighted by molar-refractivity contribution is -0.128. The zero-order valence-corrected chi connectivity index (χ0v) is 15.1. The maximum Gasteiger partial charge on any atom is 0.261 e. The van der Waals surface area contributed by atoms with Gasteiger partial charge in [0.2, 0.25) is 0 Å². The molecular formula is C22H23NO3. The van der Waals surface area contributed by atoms with Crippen molar-refractivity contribution in [2.75, 3.05) is 7.11 Å². The van der Waals surface area contributed by atoms with E-state index in [-0.39, 0.29) is 5.91 Å². The molecule has 1 N–H and O–H groups in total. The van der Waals surface area contributed by atoms with Crippen molar-refractivity contribution in [3.05, 3.63) is 72.3 Å². The van der Waals surface area contributed by atoms with Gasteiger partial charge in [-0.05, 0) is 35.6 Å². The van der Waals surface area contributed by atoms with E-state index < -0.39 is 6.10 Å². The Morgan fingerprint density at radius 1 is 1.00 bits per heavy atom. The van der Waals surface area contributed by atoms with E-state index in [9.17, 15) is 4.79 Å². The second kappa shape index (κ2) is 8.39. The average molecular weight is 349 g/mol. The number of benzene rings is 3. The smallest absolute Gasteiger partial charge is 0.261 e. The summed E-state index contributed by atoms with van der Waals surface area (Å²) in [6, 6.07) is 21.5. The molecular weight excluding hydrogens is 326 g/mol. The molecule has 3 aromatic carbocycles. The van der Waals surface area contributed by atoms with Crippen LogP contribution in [0.15, 0.2) is 66.7 Å². The summed E-state index contributed by atoms with van der Waals surface area (Å²) in [6.45, 7) is 2.40. The van der Waals surface area contributed by atoms with Crippen LogP contribution in [-0.2, 0) is 11.3 Å². The Kier molecular flexibility index (Phi) is 5.74. The average Bonchev–Trinajstić information content (AvgIpc) is 2.70. The summed E-state index contributed by atoms with van der Waals surface area (Å²) < 4.78 is 11.2. The highest BCUT2D eigenvalue weighted by Crippen LogP contribution is 2.26. The third-order valence-corrected chi connectivity index (χ3v) is 4.31. The van der Waals surface area contributed by atoms with Gasteiger partial charge in [-0.25, -0.2) is 0 Å². The second-order valence-electron chi connectivity index (χ2n) is 6.06. The molecule has 0 saturated carbocycles. The van der Waals surface area contributed by atoms with Crippen LogP contribution in [0.5, 0.6) is 11.5 Å². The number of hydrogen-bond donors (Lipinski definition) is 1. The number of amides is 1. The molecule has 0 aliphatic rings. The maximum atomic E-state index is 12.6. The third-order valence-electron chi connectivity index (χ3n) is 4.31. The minimum Gasteiger partial charge on any atom is -0.497 e. The quantitative estimate of drug-likeness (QED) is 0.691. The van der Waals surface area contributed by atoms with Crippen molar-refractivity contribution in [2.45, 2.75) is 26.0 Å². The van der Waals surface area contributed by atoms with Gasteiger partial charge in [0, 0.05) is 11.9 Å². The van der Waals surface area contributed by atoms with Crippen molar-refractivity contribution >= 4 is 16.7 Å². The van der Waals surface area contributed by atoms with Crippen LogP contribution in [0.25, 0.3) is 10.8 Å². The zero-order valence-electron chi connectivity index (χ0n) is 15.1. The molecule has 0 spiro atoms. The highest BCUT2D eigenvalue weighted by molar-refractivity contribution is 5.89. The Morgan fingerprint density at radius 2 is 1.73 bits per heavy atom. The number of carbonyl (C=O) groups excluding carboxylic acids is 1. The van der Waals surface area contributed by atoms with Crippen molar-refractivity contribution in [2.24, 2.45) is 0 Å². The van der Waals surface area contributed by atoms with Gasteiger partial charge in [-0.1, -0.05) is 55.5 Å². The van der Waals surface area contributed by atoms with Gasteiger partial charge >= 0.3 is 0 Å². The minimum absolute atomic E-state index is 0.115. The van der Waals surface area contributed by atoms with Gasteiger partial charge in [0.25, 0.3) is 5.91 Å². The van der Waals surface area contributed by atoms with Crippen LogP contribution < -0.4 is 14.8 Å². The zero-order chi connectivity index (χ0) is 18.4. The summed E-state index contributed by atoms with van der Waals surface area (Å²) in [7, 11) is 1.63. The Morgan fingerprint density at radius 3 is 2.46 bits per heavy atom. The maximum absolute atomic E-state index is 12.6. The summed E-state index contributed by atoms with van der Waals surface area (Å²) in [4.78, 5) is 12.6. The van der Waals surface area contributed by atoms with Crippen molar-refractivity contribution < 1.29 is 14.3 Å². The molecule has 4 heteroatoms. The fraction of sp³-hybridized carbons (Fsp3) is 0.227. The van der Waals surface area contributed by atoms with E-state index in [0.29, 0.717) is 13.0 Å². The van der Waals surface area contributed by atoms with Gasteiger partial charge in [-0.2, -0.15) is 0 Å². The number of hydrogen-bond acceptors (Lipinski definition) is 3. The minimum atomic E-state index is -0.529. The summed E-state index contributed by atoms with van der Waals surface area (Å²) in [5.74, 6) is 1.41. The van der Waals surface area contributed by atoms with Crippen LogP contribution in [0.4, 0.5) is 0 Å². The van der Waals surface area contributed by atoms with Crippen LogP contribution in [0.3, 0.4) is 0 Å². The molecule has 0 unspecified atom stereocenters. The first-order chi connectivity index (χ1) is 12.7. The SMILES string of the molecule is CC[C@@H](Oc1cccc2ccccc12)C(=O)NCc1ccc(OC)cc1. The Hall–Kier alpha value is -3.01. The first-order valence-electron chi connectivity index (χ1n) is 8.76. The monoisotopic (exact) mass is 349 g/mol. The normalized spacial score (nSPS) is 11.8. The fourth-order valence-corrected chi connectivity index (χ4v) is 2.82. The molecule has 0 heterocycles. The largest absolute Gasteiger partial charge is 0.497 e. The molecule has 3 rings (SSSR count). The number of carbonyl (C=O) groups is 1. The fourth-order valence-electron chi connectivity index (χ4n) is 2.82. The number of nitrogens with one attached hydrogen (secondary N) is 1. The van der Waals surface area contributed by atoms with Gasteiger partial charge in [-0.3, -0.25) is 4.79 Å². The molecule has 3 aromatic rings. The highest BCUT2D eigenvalue weighted by Gasteiger charge is 2.19. The van der Waals surface area contributed by atoms with Crippen LogP contribution in [-0.4, -0.2) is 19.1 Å². The van der Waals surface area contributed by atoms with E-state index in [1.54, 1.807) is 7.11 Å². The van der Waals surface area contributed by atoms with Crippen molar-refractivity contribution in [1.29, 1.82) is 0 Å². The Labute approximate surface area is 153 Å². The van der Waals surface area contributed by atoms with Crippen molar-refractivity contribution in [3.63, 3.8) is 0 Å². The molecule has 0 radical (unpaired) electrons. The molecule has 0 aromatic heterocycles. The van der Waals surface area contributed by atoms with Crippen molar-refractivity contribution in [3.8, 4) is 11.5 Å². The van der Waals surface area contributed by atoms with E-state index in [4.69, 9.17) is 9.47 Å². The van der Waals surface area contributed by atoms with E-state index in [1.165, 1.54) is 0 Å². The Balaban J connectivity index is 1.66. The molecule has 0 bridgehead atoms. The van der Waals surface area contributed by atoms with Gasteiger partial charge in [0.15, 0.2) is 6.10 Å². The molecule has 0 aliphatic carbocycles. The van der Waals surface area contributed by atoms with Gasteiger partial charge < -0.3 is 14.8 Å². The number of ether oxygens (including phenoxy) is 2. The number of fused-ring (bicyclic) bond motifs is 1. The van der Waals surface area contributed by atoms with Crippen LogP contribution in [0.1, 0.15) is 18.9 Å². The molecule has 26 heavy (non-hydrogen) atoms. The van der Waals surface area contributed by atoms with Gasteiger partial charge in [0.05, 0.1) is 7.11 Å². The first-order valence-corrected chi connectivity index (χ1v) is 8.76. The first kappa shape index (κ1) is 17.8. The Bertz CT molecular complexity index is 869. The molecule has 0 saturated heterocycles. The van der Waals surface area contributed by atoms with Gasteiger partial charge in [-0.15, -0.1) is 0 Å². The van der Waals surface area contributed by atoms with E-state index in [0.717, 1.165) is 27.8 Å². The summed E-state index contributed by atoms with van der Waals surface area (Å²) in [5.41, 5.74) is 1.01. The lowest BCUT2D eigenvalue weighted by Gasteiger charge is -2.18. The van der Waals surface area contributed by atoms with Crippen LogP contribution in [0, 0.1) is 0 Å². The highest BCUT2D eigenvalue weighted by atomic mass is 16.5. The molecule has 1 amide bonds. The molecule has 0 fully saturated rings. The topological polar surface area (TPSA) is 47.6 Å². The van der Waals surface area contributed by atoms with Crippen LogP contribution >= 0.6 is 0 Å². The van der Waals surface area contributed by atoms with Gasteiger partial charge in [0.1, 0.15) is 11.5 Å². The predicted molar refractivity (Wildman–Crippen MR) is 103 cm³/mol. The summed E-state index contributed by atoms with van der Waals surface area (Å²) in [5, 5.41) is 5.06. The third kappa shape index (κ3) is 4.14. The molecule has 4 nitrogen and oxygen atoms in total. The molecule has 1 atom stereocenters. The number of rotatable bonds is 7. The lowest BCUT2D eigenvalue weighted by atomic mass is 10.1. The second-order valence-corrected chi connectivity index (χ2v) is 6.06. The van der Waals surface area contributed by atoms with Crippen molar-refractivity contribution in [1.82, 2.24) is 5.32 Å². The standard InChI is InChI=1S/C22H23NO3/c1-3-20(22(24)23-15-16-11-13-18(25-2)14-12-16)26-21-10-6-8-17-7-4-5-9-19(17)21/h4-14,20H,3,15H2,1-2H3,(H,23,24)/t20-/m1/s1. The van der Waals surface area contributed by atoms with E-state index in [2.05, 4.69) is 5.32 Å². The van der Waals surface area contributed by atoms with E-state index >= 15 is 0 Å². The predicted octanol–water partition coefficient (Wildman–Crippen LogP) is 4.32. The summed E-state index contributed by atoms with van der Waals surface area (Å²) >= 11 is 0. The molecule has 0 aliphatic heterocycles. The lowest BCUT2D eigenvalue weighted by Crippen LogP contribution is -2.37. The molecule has 134 valence electrons. The van der Waals surface area contributed by atoms with Crippen LogP contribution in [0.2, 0.25) is 0 Å². The number of methoxy groups -OCH3 is 1. The van der Waals surface area contributed by atoms with E-state index in [1.807, 2.05) is 73.7 Å². The summed E-state index contributed by atoms with van der Waals surface area (Å²) in [6.07, 6.45) is 0.0663.